The number of hydrogen-bond donors (Lipinski definition) is 0. The third-order valence-electron chi connectivity index (χ3n) is 3.96. The molecule has 3 heterocycles. The molecule has 0 saturated carbocycles. The van der Waals surface area contributed by atoms with E-state index in [9.17, 15) is 4.79 Å². The predicted molar refractivity (Wildman–Crippen MR) is 96.0 cm³/mol. The molecule has 3 aromatic rings. The maximum atomic E-state index is 12.3. The minimum absolute atomic E-state index is 0.127. The van der Waals surface area contributed by atoms with Gasteiger partial charge in [-0.25, -0.2) is 0 Å². The molecular weight excluding hydrogens is 336 g/mol. The van der Waals surface area contributed by atoms with Crippen molar-refractivity contribution in [2.45, 2.75) is 32.7 Å². The fourth-order valence-corrected chi connectivity index (χ4v) is 3.38. The molecule has 0 aliphatic rings. The van der Waals surface area contributed by atoms with Gasteiger partial charge in [0.25, 0.3) is 0 Å². The van der Waals surface area contributed by atoms with E-state index in [-0.39, 0.29) is 5.91 Å². The van der Waals surface area contributed by atoms with Gasteiger partial charge in [0.15, 0.2) is 0 Å². The van der Waals surface area contributed by atoms with Crippen LogP contribution in [0.2, 0.25) is 0 Å². The zero-order valence-electron chi connectivity index (χ0n) is 14.3. The number of rotatable bonds is 7. The van der Waals surface area contributed by atoms with Crippen LogP contribution in [-0.2, 0) is 17.8 Å². The van der Waals surface area contributed by atoms with Crippen molar-refractivity contribution in [3.05, 3.63) is 52.3 Å². The highest BCUT2D eigenvalue weighted by Crippen LogP contribution is 2.18. The van der Waals surface area contributed by atoms with Crippen molar-refractivity contribution >= 4 is 17.2 Å². The lowest BCUT2D eigenvalue weighted by atomic mass is 10.2. The maximum Gasteiger partial charge on any atom is 0.226 e. The summed E-state index contributed by atoms with van der Waals surface area (Å²) in [7, 11) is 1.84. The number of thiophene rings is 1. The predicted octanol–water partition coefficient (Wildman–Crippen LogP) is 3.48. The molecule has 0 aliphatic carbocycles. The SMILES string of the molecule is Cc1ccsc1CN(C)C(=O)CCCc1nc(-c2ccncc2)no1. The lowest BCUT2D eigenvalue weighted by Gasteiger charge is -2.16. The van der Waals surface area contributed by atoms with Crippen LogP contribution in [0.5, 0.6) is 0 Å². The Bertz CT molecular complexity index is 828. The first-order chi connectivity index (χ1) is 12.1. The number of pyridine rings is 1. The third-order valence-corrected chi connectivity index (χ3v) is 4.97. The largest absolute Gasteiger partial charge is 0.341 e. The van der Waals surface area contributed by atoms with Crippen molar-refractivity contribution in [2.24, 2.45) is 0 Å². The summed E-state index contributed by atoms with van der Waals surface area (Å²) in [5.74, 6) is 1.23. The summed E-state index contributed by atoms with van der Waals surface area (Å²) in [6.45, 7) is 2.73. The van der Waals surface area contributed by atoms with Gasteiger partial charge < -0.3 is 9.42 Å². The highest BCUT2D eigenvalue weighted by atomic mass is 32.1. The van der Waals surface area contributed by atoms with Crippen LogP contribution in [0, 0.1) is 6.92 Å². The van der Waals surface area contributed by atoms with Crippen molar-refractivity contribution in [3.8, 4) is 11.4 Å². The number of aryl methyl sites for hydroxylation is 2. The van der Waals surface area contributed by atoms with Gasteiger partial charge in [-0.3, -0.25) is 9.78 Å². The summed E-state index contributed by atoms with van der Waals surface area (Å²) in [4.78, 5) is 23.6. The molecule has 0 saturated heterocycles. The van der Waals surface area contributed by atoms with Crippen LogP contribution in [0.4, 0.5) is 0 Å². The molecule has 6 nitrogen and oxygen atoms in total. The van der Waals surface area contributed by atoms with Gasteiger partial charge in [0.05, 0.1) is 6.54 Å². The highest BCUT2D eigenvalue weighted by Gasteiger charge is 2.13. The van der Waals surface area contributed by atoms with Crippen LogP contribution < -0.4 is 0 Å². The number of amides is 1. The first-order valence-electron chi connectivity index (χ1n) is 8.13. The second kappa shape index (κ2) is 8.02. The third kappa shape index (κ3) is 4.51. The first-order valence-corrected chi connectivity index (χ1v) is 9.01. The van der Waals surface area contributed by atoms with Crippen molar-refractivity contribution in [1.82, 2.24) is 20.0 Å². The number of aromatic nitrogens is 3. The van der Waals surface area contributed by atoms with E-state index >= 15 is 0 Å². The van der Waals surface area contributed by atoms with Gasteiger partial charge in [-0.2, -0.15) is 4.98 Å². The molecule has 0 atom stereocenters. The fourth-order valence-electron chi connectivity index (χ4n) is 2.43. The molecular formula is C18H20N4O2S. The average molecular weight is 356 g/mol. The van der Waals surface area contributed by atoms with Crippen LogP contribution >= 0.6 is 11.3 Å². The fraction of sp³-hybridized carbons (Fsp3) is 0.333. The summed E-state index contributed by atoms with van der Waals surface area (Å²) in [6, 6.07) is 5.74. The lowest BCUT2D eigenvalue weighted by Crippen LogP contribution is -2.25. The number of carbonyl (C=O) groups excluding carboxylic acids is 1. The maximum absolute atomic E-state index is 12.3. The van der Waals surface area contributed by atoms with E-state index in [0.717, 1.165) is 5.56 Å². The Labute approximate surface area is 150 Å². The van der Waals surface area contributed by atoms with E-state index in [2.05, 4.69) is 33.5 Å². The molecule has 0 bridgehead atoms. The van der Waals surface area contributed by atoms with E-state index in [1.807, 2.05) is 19.2 Å². The van der Waals surface area contributed by atoms with Gasteiger partial charge in [-0.15, -0.1) is 11.3 Å². The van der Waals surface area contributed by atoms with Crippen molar-refractivity contribution < 1.29 is 9.32 Å². The minimum Gasteiger partial charge on any atom is -0.341 e. The second-order valence-corrected chi connectivity index (χ2v) is 6.88. The van der Waals surface area contributed by atoms with Gasteiger partial charge in [0, 0.05) is 42.7 Å². The molecule has 3 aromatic heterocycles. The summed E-state index contributed by atoms with van der Waals surface area (Å²) >= 11 is 1.69. The standard InChI is InChI=1S/C18H20N4O2S/c1-13-8-11-25-15(13)12-22(2)17(23)5-3-4-16-20-18(21-24-16)14-6-9-19-10-7-14/h6-11H,3-5,12H2,1-2H3. The van der Waals surface area contributed by atoms with E-state index in [0.29, 0.717) is 37.5 Å². The molecule has 0 unspecified atom stereocenters. The minimum atomic E-state index is 0.127. The number of carbonyl (C=O) groups is 1. The van der Waals surface area contributed by atoms with E-state index < -0.39 is 0 Å². The summed E-state index contributed by atoms with van der Waals surface area (Å²) < 4.78 is 5.26. The van der Waals surface area contributed by atoms with E-state index in [1.54, 1.807) is 28.6 Å². The molecule has 0 fully saturated rings. The van der Waals surface area contributed by atoms with Crippen molar-refractivity contribution in [2.75, 3.05) is 7.05 Å². The molecule has 0 N–H and O–H groups in total. The Hall–Kier alpha value is -2.54. The van der Waals surface area contributed by atoms with Crippen LogP contribution in [0.1, 0.15) is 29.2 Å². The van der Waals surface area contributed by atoms with E-state index in [1.165, 1.54) is 10.4 Å². The molecule has 130 valence electrons. The van der Waals surface area contributed by atoms with Crippen LogP contribution in [0.15, 0.2) is 40.5 Å². The lowest BCUT2D eigenvalue weighted by molar-refractivity contribution is -0.130. The topological polar surface area (TPSA) is 72.1 Å². The molecule has 1 amide bonds. The van der Waals surface area contributed by atoms with Gasteiger partial charge in [-0.1, -0.05) is 5.16 Å². The quantitative estimate of drug-likeness (QED) is 0.648. The number of hydrogen-bond acceptors (Lipinski definition) is 6. The second-order valence-electron chi connectivity index (χ2n) is 5.88. The van der Waals surface area contributed by atoms with Crippen molar-refractivity contribution in [3.63, 3.8) is 0 Å². The summed E-state index contributed by atoms with van der Waals surface area (Å²) in [6.07, 6.45) is 5.12. The summed E-state index contributed by atoms with van der Waals surface area (Å²) in [5.41, 5.74) is 2.10. The smallest absolute Gasteiger partial charge is 0.226 e. The monoisotopic (exact) mass is 356 g/mol. The molecule has 0 spiro atoms. The average Bonchev–Trinajstić information content (AvgIpc) is 3.25. The summed E-state index contributed by atoms with van der Waals surface area (Å²) in [5, 5.41) is 6.03. The zero-order chi connectivity index (χ0) is 17.6. The van der Waals surface area contributed by atoms with Crippen LogP contribution in [0.25, 0.3) is 11.4 Å². The normalized spacial score (nSPS) is 10.8. The Morgan fingerprint density at radius 2 is 2.08 bits per heavy atom. The molecule has 25 heavy (non-hydrogen) atoms. The molecule has 0 radical (unpaired) electrons. The highest BCUT2D eigenvalue weighted by molar-refractivity contribution is 7.10. The molecule has 0 aliphatic heterocycles. The van der Waals surface area contributed by atoms with Gasteiger partial charge >= 0.3 is 0 Å². The van der Waals surface area contributed by atoms with Gasteiger partial charge in [0.2, 0.25) is 17.6 Å². The number of nitrogens with zero attached hydrogens (tertiary/aromatic N) is 4. The van der Waals surface area contributed by atoms with Crippen molar-refractivity contribution in [1.29, 1.82) is 0 Å². The zero-order valence-corrected chi connectivity index (χ0v) is 15.1. The first kappa shape index (κ1) is 17.3. The Kier molecular flexibility index (Phi) is 5.55. The van der Waals surface area contributed by atoms with Crippen LogP contribution in [0.3, 0.4) is 0 Å². The molecule has 7 heteroatoms. The molecule has 3 rings (SSSR count). The van der Waals surface area contributed by atoms with E-state index in [4.69, 9.17) is 4.52 Å². The van der Waals surface area contributed by atoms with Crippen LogP contribution in [-0.4, -0.2) is 33.0 Å². The Morgan fingerprint density at radius 3 is 2.80 bits per heavy atom. The Balaban J connectivity index is 1.47. The van der Waals surface area contributed by atoms with Gasteiger partial charge in [0.1, 0.15) is 0 Å². The molecule has 0 aromatic carbocycles. The Morgan fingerprint density at radius 1 is 1.28 bits per heavy atom. The van der Waals surface area contributed by atoms with Gasteiger partial charge in [-0.05, 0) is 42.5 Å².